The highest BCUT2D eigenvalue weighted by Gasteiger charge is 2.22. The molecule has 1 aromatic heterocycles. The van der Waals surface area contributed by atoms with Crippen LogP contribution in [0.4, 0.5) is 11.4 Å². The van der Waals surface area contributed by atoms with Crippen molar-refractivity contribution in [1.29, 1.82) is 0 Å². The number of aromatic nitrogens is 1. The number of allylic oxidation sites excluding steroid dienone is 4. The molecule has 2 heteroatoms. The minimum atomic E-state index is 0.893. The summed E-state index contributed by atoms with van der Waals surface area (Å²) in [6.45, 7) is 0. The summed E-state index contributed by atoms with van der Waals surface area (Å²) in [6.07, 6.45) is 10.6. The lowest BCUT2D eigenvalue weighted by molar-refractivity contribution is 0.931. The summed E-state index contributed by atoms with van der Waals surface area (Å²) in [4.78, 5) is 2.48. The van der Waals surface area contributed by atoms with Crippen molar-refractivity contribution in [3.63, 3.8) is 0 Å². The SMILES string of the molecule is C1=C=Cc2c(cccc2-c2ccc(-c3ccc(N(C4=CC=C(c5cc6ccccc6c6ccccc56)CC4)c4cccc(-c5cccc6c5c5ccccc5n6-c5ccccc5)c4)cc3)cc2)C=1. The van der Waals surface area contributed by atoms with Gasteiger partial charge in [0, 0.05) is 33.5 Å². The van der Waals surface area contributed by atoms with Crippen molar-refractivity contribution in [2.24, 2.45) is 0 Å². The van der Waals surface area contributed by atoms with E-state index in [0.717, 1.165) is 29.9 Å². The maximum absolute atomic E-state index is 3.15. The second kappa shape index (κ2) is 16.5. The first kappa shape index (κ1) is 39.5. The lowest BCUT2D eigenvalue weighted by atomic mass is 9.89. The Morgan fingerprint density at radius 3 is 1.88 bits per heavy atom. The maximum atomic E-state index is 3.15. The molecule has 0 fully saturated rings. The Kier molecular flexibility index (Phi) is 9.58. The van der Waals surface area contributed by atoms with E-state index in [9.17, 15) is 0 Å². The Bertz CT molecular complexity index is 3960. The summed E-state index contributed by atoms with van der Waals surface area (Å²) >= 11 is 0. The Hall–Kier alpha value is -8.90. The molecule has 13 rings (SSSR count). The molecular weight excluding hydrogens is 821 g/mol. The predicted molar refractivity (Wildman–Crippen MR) is 288 cm³/mol. The molecule has 0 saturated heterocycles. The van der Waals surface area contributed by atoms with Crippen molar-refractivity contribution in [1.82, 2.24) is 4.57 Å². The van der Waals surface area contributed by atoms with Gasteiger partial charge in [0.25, 0.3) is 0 Å². The molecule has 1 heterocycles. The highest BCUT2D eigenvalue weighted by Crippen LogP contribution is 2.43. The van der Waals surface area contributed by atoms with E-state index < -0.39 is 0 Å². The fourth-order valence-corrected chi connectivity index (χ4v) is 10.8. The molecule has 0 spiro atoms. The van der Waals surface area contributed by atoms with Crippen molar-refractivity contribution in [2.45, 2.75) is 12.8 Å². The molecule has 0 N–H and O–H groups in total. The fraction of sp³-hybridized carbons (Fsp3) is 0.0303. The number of benzene rings is 10. The van der Waals surface area contributed by atoms with Gasteiger partial charge in [-0.25, -0.2) is 0 Å². The Labute approximate surface area is 396 Å². The van der Waals surface area contributed by atoms with Crippen LogP contribution in [0.2, 0.25) is 0 Å². The number of rotatable bonds is 8. The predicted octanol–water partition coefficient (Wildman–Crippen LogP) is 17.8. The topological polar surface area (TPSA) is 8.17 Å². The molecule has 0 saturated carbocycles. The van der Waals surface area contributed by atoms with Gasteiger partial charge in [-0.15, -0.1) is 0 Å². The van der Waals surface area contributed by atoms with Crippen molar-refractivity contribution < 1.29 is 0 Å². The Balaban J connectivity index is 0.916. The monoisotopic (exact) mass is 864 g/mol. The summed E-state index contributed by atoms with van der Waals surface area (Å²) in [5.74, 6) is 0. The van der Waals surface area contributed by atoms with E-state index in [2.05, 4.69) is 251 Å². The van der Waals surface area contributed by atoms with Gasteiger partial charge in [0.2, 0.25) is 0 Å². The van der Waals surface area contributed by atoms with E-state index in [4.69, 9.17) is 0 Å². The quantitative estimate of drug-likeness (QED) is 0.109. The first-order chi connectivity index (χ1) is 33.7. The summed E-state index contributed by atoms with van der Waals surface area (Å²) in [5.41, 5.74) is 25.5. The van der Waals surface area contributed by atoms with Gasteiger partial charge in [-0.3, -0.25) is 0 Å². The van der Waals surface area contributed by atoms with E-state index in [1.54, 1.807) is 0 Å². The van der Waals surface area contributed by atoms with Crippen LogP contribution in [0, 0.1) is 0 Å². The molecular formula is C66H44N2. The maximum Gasteiger partial charge on any atom is 0.0547 e. The lowest BCUT2D eigenvalue weighted by Crippen LogP contribution is -2.18. The Morgan fingerprint density at radius 2 is 1.06 bits per heavy atom. The van der Waals surface area contributed by atoms with Gasteiger partial charge in [0.1, 0.15) is 0 Å². The molecule has 0 unspecified atom stereocenters. The highest BCUT2D eigenvalue weighted by atomic mass is 15.1. The molecule has 0 aliphatic heterocycles. The number of nitrogens with zero attached hydrogens (tertiary/aromatic N) is 2. The number of hydrogen-bond donors (Lipinski definition) is 0. The molecule has 2 aliphatic rings. The average Bonchev–Trinajstić information content (AvgIpc) is 3.76. The molecule has 10 aromatic carbocycles. The van der Waals surface area contributed by atoms with E-state index in [1.165, 1.54) is 105 Å². The third-order valence-electron chi connectivity index (χ3n) is 14.0. The molecule has 318 valence electrons. The largest absolute Gasteiger partial charge is 0.314 e. The van der Waals surface area contributed by atoms with E-state index in [0.29, 0.717) is 0 Å². The van der Waals surface area contributed by atoms with Crippen LogP contribution >= 0.6 is 0 Å². The standard InChI is InChI=1S/C66H44N2/c1-2-19-52(20-3-1)68-64-29-11-10-26-62(64)66-59(28-14-30-65(66)68)50-18-12-21-55(43-50)67(54-41-37-49(38-42-54)63-44-51-16-5-7-23-58(51)60-24-8-9-25-61(60)63)53-39-35-46(36-40-53)45-31-33-48(34-32-45)57-27-13-17-47-15-4-6-22-56(47)57/h1-3,5,7-37,39-41,43-44H,38,42H2. The van der Waals surface area contributed by atoms with Gasteiger partial charge in [-0.2, -0.15) is 0 Å². The van der Waals surface area contributed by atoms with Crippen molar-refractivity contribution in [2.75, 3.05) is 4.90 Å². The van der Waals surface area contributed by atoms with Gasteiger partial charge < -0.3 is 9.47 Å². The number of anilines is 2. The first-order valence-electron chi connectivity index (χ1n) is 23.5. The van der Waals surface area contributed by atoms with E-state index >= 15 is 0 Å². The number of fused-ring (bicyclic) bond motifs is 7. The van der Waals surface area contributed by atoms with Gasteiger partial charge in [-0.05, 0) is 163 Å². The third kappa shape index (κ3) is 6.76. The lowest BCUT2D eigenvalue weighted by Gasteiger charge is -2.30. The molecule has 0 atom stereocenters. The van der Waals surface area contributed by atoms with Gasteiger partial charge in [0.05, 0.1) is 11.0 Å². The number of hydrogen-bond acceptors (Lipinski definition) is 1. The van der Waals surface area contributed by atoms with Crippen LogP contribution in [0.3, 0.4) is 0 Å². The molecule has 0 bridgehead atoms. The summed E-state index contributed by atoms with van der Waals surface area (Å²) in [6, 6.07) is 80.0. The summed E-state index contributed by atoms with van der Waals surface area (Å²) in [7, 11) is 0. The second-order valence-corrected chi connectivity index (χ2v) is 17.8. The minimum Gasteiger partial charge on any atom is -0.314 e. The van der Waals surface area contributed by atoms with Crippen LogP contribution < -0.4 is 4.90 Å². The normalized spacial score (nSPS) is 13.0. The van der Waals surface area contributed by atoms with Crippen LogP contribution in [0.1, 0.15) is 29.5 Å². The number of para-hydroxylation sites is 2. The molecule has 68 heavy (non-hydrogen) atoms. The highest BCUT2D eigenvalue weighted by molar-refractivity contribution is 6.16. The van der Waals surface area contributed by atoms with Crippen LogP contribution in [0.5, 0.6) is 0 Å². The van der Waals surface area contributed by atoms with Gasteiger partial charge >= 0.3 is 0 Å². The van der Waals surface area contributed by atoms with Crippen LogP contribution in [-0.4, -0.2) is 4.57 Å². The molecule has 0 radical (unpaired) electrons. The van der Waals surface area contributed by atoms with E-state index in [1.807, 2.05) is 12.2 Å². The molecule has 0 amide bonds. The zero-order chi connectivity index (χ0) is 45.0. The average molecular weight is 865 g/mol. The Morgan fingerprint density at radius 1 is 0.397 bits per heavy atom. The van der Waals surface area contributed by atoms with Crippen molar-refractivity contribution in [3.8, 4) is 39.1 Å². The molecule has 2 nitrogen and oxygen atoms in total. The van der Waals surface area contributed by atoms with Gasteiger partial charge in [0.15, 0.2) is 0 Å². The molecule has 2 aliphatic carbocycles. The van der Waals surface area contributed by atoms with Crippen LogP contribution in [0.25, 0.3) is 100 Å². The summed E-state index contributed by atoms with van der Waals surface area (Å²) in [5, 5.41) is 7.69. The van der Waals surface area contributed by atoms with Gasteiger partial charge in [-0.1, -0.05) is 181 Å². The summed E-state index contributed by atoms with van der Waals surface area (Å²) < 4.78 is 2.40. The first-order valence-corrected chi connectivity index (χ1v) is 23.5. The zero-order valence-electron chi connectivity index (χ0n) is 37.4. The molecule has 11 aromatic rings. The second-order valence-electron chi connectivity index (χ2n) is 17.8. The van der Waals surface area contributed by atoms with E-state index in [-0.39, 0.29) is 0 Å². The van der Waals surface area contributed by atoms with Crippen LogP contribution in [0.15, 0.2) is 248 Å². The third-order valence-corrected chi connectivity index (χ3v) is 14.0. The van der Waals surface area contributed by atoms with Crippen molar-refractivity contribution in [3.05, 3.63) is 264 Å². The smallest absolute Gasteiger partial charge is 0.0547 e. The fourth-order valence-electron chi connectivity index (χ4n) is 10.8. The zero-order valence-corrected chi connectivity index (χ0v) is 37.4. The van der Waals surface area contributed by atoms with Crippen LogP contribution in [-0.2, 0) is 0 Å². The van der Waals surface area contributed by atoms with Crippen molar-refractivity contribution >= 4 is 72.5 Å². The minimum absolute atomic E-state index is 0.893.